The zero-order chi connectivity index (χ0) is 21.6. The lowest BCUT2D eigenvalue weighted by molar-refractivity contribution is -0.115. The fourth-order valence-corrected chi connectivity index (χ4v) is 4.21. The number of carbonyl (C=O) groups excluding carboxylic acids is 2. The summed E-state index contributed by atoms with van der Waals surface area (Å²) in [5, 5.41) is 15.4. The van der Waals surface area contributed by atoms with Crippen molar-refractivity contribution >= 4 is 28.5 Å². The first-order valence-corrected chi connectivity index (χ1v) is 11.1. The Morgan fingerprint density at radius 3 is 2.60 bits per heavy atom. The van der Waals surface area contributed by atoms with Crippen LogP contribution in [0.5, 0.6) is 0 Å². The summed E-state index contributed by atoms with van der Waals surface area (Å²) in [5.74, 6) is 0.305. The van der Waals surface area contributed by atoms with E-state index >= 15 is 0 Å². The van der Waals surface area contributed by atoms with Gasteiger partial charge in [0, 0.05) is 24.4 Å². The molecular formula is C21H29N5O3S. The van der Waals surface area contributed by atoms with E-state index in [4.69, 9.17) is 4.74 Å². The lowest BCUT2D eigenvalue weighted by atomic mass is 9.90. The van der Waals surface area contributed by atoms with Crippen LogP contribution in [0.25, 0.3) is 0 Å². The molecule has 2 N–H and O–H groups in total. The molecule has 0 atom stereocenters. The van der Waals surface area contributed by atoms with E-state index in [0.717, 1.165) is 23.4 Å². The Morgan fingerprint density at radius 2 is 1.93 bits per heavy atom. The largest absolute Gasteiger partial charge is 0.444 e. The molecule has 1 aliphatic rings. The van der Waals surface area contributed by atoms with E-state index in [2.05, 4.69) is 25.8 Å². The Bertz CT molecular complexity index is 854. The van der Waals surface area contributed by atoms with Crippen LogP contribution in [0, 0.1) is 0 Å². The Kier molecular flexibility index (Phi) is 7.36. The number of alkyl carbamates (subject to hydrolysis) is 1. The molecule has 30 heavy (non-hydrogen) atoms. The molecule has 0 bridgehead atoms. The van der Waals surface area contributed by atoms with E-state index in [-0.39, 0.29) is 12.3 Å². The van der Waals surface area contributed by atoms with Crippen molar-refractivity contribution in [3.8, 4) is 0 Å². The second kappa shape index (κ2) is 9.97. The molecule has 9 heteroatoms. The smallest absolute Gasteiger partial charge is 0.407 e. The second-order valence-corrected chi connectivity index (χ2v) is 9.53. The Morgan fingerprint density at radius 1 is 1.17 bits per heavy atom. The molecule has 2 amide bonds. The molecule has 8 nitrogen and oxygen atoms in total. The molecule has 1 saturated carbocycles. The quantitative estimate of drug-likeness (QED) is 0.710. The molecule has 1 fully saturated rings. The predicted molar refractivity (Wildman–Crippen MR) is 115 cm³/mol. The molecule has 1 aliphatic carbocycles. The number of nitrogens with one attached hydrogen (secondary N) is 2. The van der Waals surface area contributed by atoms with Gasteiger partial charge in [0.05, 0.1) is 6.42 Å². The molecule has 2 aromatic heterocycles. The van der Waals surface area contributed by atoms with E-state index in [0.29, 0.717) is 23.3 Å². The number of hydrogen-bond acceptors (Lipinski definition) is 7. The molecule has 0 radical (unpaired) electrons. The van der Waals surface area contributed by atoms with Crippen LogP contribution in [-0.2, 0) is 22.5 Å². The average Bonchev–Trinajstić information content (AvgIpc) is 3.15. The standard InChI is InChI=1S/C21H29N5O3S/c1-21(2,3)29-20(28)23-13-14-9-10-16(22-12-14)11-17(27)24-19-26-25-18(30-19)15-7-5-4-6-8-15/h9-10,12,15H,4-8,11,13H2,1-3H3,(H,23,28)(H,24,26,27). The van der Waals surface area contributed by atoms with Crippen molar-refractivity contribution < 1.29 is 14.3 Å². The Balaban J connectivity index is 1.45. The summed E-state index contributed by atoms with van der Waals surface area (Å²) < 4.78 is 5.20. The number of nitrogens with zero attached hydrogens (tertiary/aromatic N) is 3. The van der Waals surface area contributed by atoms with Gasteiger partial charge in [-0.2, -0.15) is 0 Å². The molecule has 0 aromatic carbocycles. The van der Waals surface area contributed by atoms with Crippen molar-refractivity contribution in [2.24, 2.45) is 0 Å². The average molecular weight is 432 g/mol. The molecule has 2 heterocycles. The minimum Gasteiger partial charge on any atom is -0.444 e. The number of hydrogen-bond donors (Lipinski definition) is 2. The van der Waals surface area contributed by atoms with Gasteiger partial charge in [0.1, 0.15) is 10.6 Å². The summed E-state index contributed by atoms with van der Waals surface area (Å²) in [4.78, 5) is 28.3. The summed E-state index contributed by atoms with van der Waals surface area (Å²) in [6, 6.07) is 3.61. The van der Waals surface area contributed by atoms with Crippen LogP contribution in [0.2, 0.25) is 0 Å². The number of aromatic nitrogens is 3. The number of rotatable bonds is 6. The fourth-order valence-electron chi connectivity index (χ4n) is 3.28. The molecule has 0 unspecified atom stereocenters. The lowest BCUT2D eigenvalue weighted by Crippen LogP contribution is -2.32. The highest BCUT2D eigenvalue weighted by Gasteiger charge is 2.20. The predicted octanol–water partition coefficient (Wildman–Crippen LogP) is 4.19. The van der Waals surface area contributed by atoms with Gasteiger partial charge in [-0.05, 0) is 45.2 Å². The van der Waals surface area contributed by atoms with Crippen LogP contribution < -0.4 is 10.6 Å². The molecule has 162 valence electrons. The molecule has 0 saturated heterocycles. The van der Waals surface area contributed by atoms with E-state index in [1.807, 2.05) is 26.8 Å². The van der Waals surface area contributed by atoms with Gasteiger partial charge in [-0.3, -0.25) is 9.78 Å². The van der Waals surface area contributed by atoms with Gasteiger partial charge >= 0.3 is 6.09 Å². The Hall–Kier alpha value is -2.55. The monoisotopic (exact) mass is 431 g/mol. The highest BCUT2D eigenvalue weighted by atomic mass is 32.1. The normalized spacial score (nSPS) is 14.9. The first kappa shape index (κ1) is 22.1. The third-order valence-corrected chi connectivity index (χ3v) is 5.71. The first-order valence-electron chi connectivity index (χ1n) is 10.3. The topological polar surface area (TPSA) is 106 Å². The Labute approximate surface area is 180 Å². The zero-order valence-electron chi connectivity index (χ0n) is 17.7. The minimum absolute atomic E-state index is 0.151. The summed E-state index contributed by atoms with van der Waals surface area (Å²) in [6.45, 7) is 5.74. The van der Waals surface area contributed by atoms with Gasteiger partial charge < -0.3 is 15.4 Å². The fraction of sp³-hybridized carbons (Fsp3) is 0.571. The number of amides is 2. The van der Waals surface area contributed by atoms with Crippen LogP contribution in [-0.4, -0.2) is 32.8 Å². The number of anilines is 1. The van der Waals surface area contributed by atoms with E-state index in [1.54, 1.807) is 12.3 Å². The molecular weight excluding hydrogens is 402 g/mol. The summed E-state index contributed by atoms with van der Waals surface area (Å²) in [5.41, 5.74) is 0.931. The van der Waals surface area contributed by atoms with Crippen molar-refractivity contribution in [1.29, 1.82) is 0 Å². The van der Waals surface area contributed by atoms with Crippen LogP contribution >= 0.6 is 11.3 Å². The maximum Gasteiger partial charge on any atom is 0.407 e. The van der Waals surface area contributed by atoms with Crippen molar-refractivity contribution in [3.63, 3.8) is 0 Å². The van der Waals surface area contributed by atoms with Crippen LogP contribution in [0.15, 0.2) is 18.3 Å². The maximum absolute atomic E-state index is 12.3. The van der Waals surface area contributed by atoms with Gasteiger partial charge in [-0.25, -0.2) is 4.79 Å². The third-order valence-electron chi connectivity index (χ3n) is 4.70. The molecule has 3 rings (SSSR count). The second-order valence-electron chi connectivity index (χ2n) is 8.52. The van der Waals surface area contributed by atoms with Crippen molar-refractivity contribution in [1.82, 2.24) is 20.5 Å². The van der Waals surface area contributed by atoms with Gasteiger partial charge in [0.25, 0.3) is 0 Å². The third kappa shape index (κ3) is 7.05. The number of carbonyl (C=O) groups is 2. The van der Waals surface area contributed by atoms with E-state index < -0.39 is 11.7 Å². The molecule has 0 aliphatic heterocycles. The van der Waals surface area contributed by atoms with E-state index in [1.165, 1.54) is 30.6 Å². The summed E-state index contributed by atoms with van der Waals surface area (Å²) in [6.07, 6.45) is 7.40. The molecule has 2 aromatic rings. The summed E-state index contributed by atoms with van der Waals surface area (Å²) in [7, 11) is 0. The highest BCUT2D eigenvalue weighted by Crippen LogP contribution is 2.35. The van der Waals surface area contributed by atoms with Crippen LogP contribution in [0.3, 0.4) is 0 Å². The SMILES string of the molecule is CC(C)(C)OC(=O)NCc1ccc(CC(=O)Nc2nnc(C3CCCCC3)s2)nc1. The lowest BCUT2D eigenvalue weighted by Gasteiger charge is -2.19. The molecule has 0 spiro atoms. The summed E-state index contributed by atoms with van der Waals surface area (Å²) >= 11 is 1.47. The first-order chi connectivity index (χ1) is 14.3. The van der Waals surface area contributed by atoms with Crippen molar-refractivity contribution in [2.75, 3.05) is 5.32 Å². The van der Waals surface area contributed by atoms with Gasteiger partial charge in [-0.1, -0.05) is 36.7 Å². The van der Waals surface area contributed by atoms with Gasteiger partial charge in [0.2, 0.25) is 11.0 Å². The van der Waals surface area contributed by atoms with Gasteiger partial charge in [-0.15, -0.1) is 10.2 Å². The zero-order valence-corrected chi connectivity index (χ0v) is 18.6. The maximum atomic E-state index is 12.3. The number of ether oxygens (including phenoxy) is 1. The number of pyridine rings is 1. The highest BCUT2D eigenvalue weighted by molar-refractivity contribution is 7.15. The minimum atomic E-state index is -0.538. The van der Waals surface area contributed by atoms with Crippen LogP contribution in [0.4, 0.5) is 9.93 Å². The van der Waals surface area contributed by atoms with Gasteiger partial charge in [0.15, 0.2) is 0 Å². The van der Waals surface area contributed by atoms with Crippen LogP contribution in [0.1, 0.15) is 75.1 Å². The van der Waals surface area contributed by atoms with E-state index in [9.17, 15) is 9.59 Å². The van der Waals surface area contributed by atoms with Crippen molar-refractivity contribution in [3.05, 3.63) is 34.6 Å². The van der Waals surface area contributed by atoms with Crippen molar-refractivity contribution in [2.45, 2.75) is 77.4 Å².